The molecule has 0 saturated heterocycles. The van der Waals surface area contributed by atoms with E-state index in [0.717, 1.165) is 25.2 Å². The topological polar surface area (TPSA) is 55.0 Å². The Morgan fingerprint density at radius 3 is 2.24 bits per heavy atom. The maximum absolute atomic E-state index is 5.93. The third kappa shape index (κ3) is 3.58. The highest BCUT2D eigenvalue weighted by molar-refractivity contribution is 5.57. The van der Waals surface area contributed by atoms with Gasteiger partial charge in [-0.3, -0.25) is 0 Å². The summed E-state index contributed by atoms with van der Waals surface area (Å²) in [6.07, 6.45) is 5.54. The van der Waals surface area contributed by atoms with Gasteiger partial charge in [0.15, 0.2) is 11.6 Å². The van der Waals surface area contributed by atoms with Crippen molar-refractivity contribution in [2.75, 3.05) is 17.2 Å². The van der Waals surface area contributed by atoms with Crippen LogP contribution < -0.4 is 10.6 Å². The smallest absolute Gasteiger partial charge is 0.171 e. The minimum absolute atomic E-state index is 0.483. The van der Waals surface area contributed by atoms with Crippen LogP contribution in [0.4, 0.5) is 11.6 Å². The molecule has 4 heteroatoms. The molecular weight excluding hydrogens is 212 g/mol. The molecule has 1 aromatic rings. The predicted octanol–water partition coefficient (Wildman–Crippen LogP) is 2.71. The average Bonchev–Trinajstić information content (AvgIpc) is 2.29. The van der Waals surface area contributed by atoms with Crippen LogP contribution in [0.1, 0.15) is 40.5 Å². The van der Waals surface area contributed by atoms with Crippen LogP contribution in [-0.4, -0.2) is 22.6 Å². The number of hydrogen-bond donors (Lipinski definition) is 1. The highest BCUT2D eigenvalue weighted by Crippen LogP contribution is 2.23. The van der Waals surface area contributed by atoms with E-state index in [2.05, 4.69) is 42.6 Å². The van der Waals surface area contributed by atoms with Crippen LogP contribution in [0.2, 0.25) is 0 Å². The maximum atomic E-state index is 5.93. The van der Waals surface area contributed by atoms with Crippen LogP contribution in [0.5, 0.6) is 0 Å². The SMILES string of the molecule is CCC(CC)N(CC(C)C)c1nccnc1N. The van der Waals surface area contributed by atoms with Crippen molar-refractivity contribution in [2.24, 2.45) is 5.92 Å². The van der Waals surface area contributed by atoms with Gasteiger partial charge in [0.25, 0.3) is 0 Å². The van der Waals surface area contributed by atoms with E-state index in [1.54, 1.807) is 12.4 Å². The zero-order chi connectivity index (χ0) is 12.8. The van der Waals surface area contributed by atoms with Crippen molar-refractivity contribution in [1.29, 1.82) is 0 Å². The molecule has 1 rings (SSSR count). The molecule has 0 atom stereocenters. The summed E-state index contributed by atoms with van der Waals surface area (Å²) in [6, 6.07) is 0.483. The van der Waals surface area contributed by atoms with E-state index in [9.17, 15) is 0 Å². The molecule has 0 unspecified atom stereocenters. The number of hydrogen-bond acceptors (Lipinski definition) is 4. The molecule has 0 spiro atoms. The summed E-state index contributed by atoms with van der Waals surface area (Å²) < 4.78 is 0. The Bertz CT molecular complexity index is 334. The first-order chi connectivity index (χ1) is 8.10. The minimum atomic E-state index is 0.483. The molecular formula is C13H24N4. The van der Waals surface area contributed by atoms with Gasteiger partial charge in [-0.25, -0.2) is 9.97 Å². The molecule has 4 nitrogen and oxygen atoms in total. The standard InChI is InChI=1S/C13H24N4/c1-5-11(6-2)17(9-10(3)4)13-12(14)15-7-8-16-13/h7-8,10-11H,5-6,9H2,1-4H3,(H2,14,15). The monoisotopic (exact) mass is 236 g/mol. The summed E-state index contributed by atoms with van der Waals surface area (Å²) in [6.45, 7) is 9.79. The largest absolute Gasteiger partial charge is 0.381 e. The van der Waals surface area contributed by atoms with E-state index < -0.39 is 0 Å². The number of nitrogen functional groups attached to an aromatic ring is 1. The molecule has 0 amide bonds. The maximum Gasteiger partial charge on any atom is 0.171 e. The minimum Gasteiger partial charge on any atom is -0.381 e. The van der Waals surface area contributed by atoms with Crippen LogP contribution in [0.25, 0.3) is 0 Å². The average molecular weight is 236 g/mol. The van der Waals surface area contributed by atoms with Crippen molar-refractivity contribution in [3.63, 3.8) is 0 Å². The van der Waals surface area contributed by atoms with Crippen LogP contribution in [0.15, 0.2) is 12.4 Å². The zero-order valence-corrected chi connectivity index (χ0v) is 11.3. The molecule has 0 aliphatic rings. The van der Waals surface area contributed by atoms with Crippen molar-refractivity contribution < 1.29 is 0 Å². The molecule has 17 heavy (non-hydrogen) atoms. The van der Waals surface area contributed by atoms with Crippen LogP contribution in [0, 0.1) is 5.92 Å². The first kappa shape index (κ1) is 13.7. The highest BCUT2D eigenvalue weighted by atomic mass is 15.2. The quantitative estimate of drug-likeness (QED) is 0.825. The summed E-state index contributed by atoms with van der Waals surface area (Å²) in [4.78, 5) is 10.8. The van der Waals surface area contributed by atoms with Gasteiger partial charge in [0.2, 0.25) is 0 Å². The third-order valence-electron chi connectivity index (χ3n) is 2.92. The van der Waals surface area contributed by atoms with Crippen molar-refractivity contribution in [3.05, 3.63) is 12.4 Å². The molecule has 0 saturated carbocycles. The molecule has 0 fully saturated rings. The van der Waals surface area contributed by atoms with E-state index in [-0.39, 0.29) is 0 Å². The summed E-state index contributed by atoms with van der Waals surface area (Å²) >= 11 is 0. The highest BCUT2D eigenvalue weighted by Gasteiger charge is 2.20. The van der Waals surface area contributed by atoms with Gasteiger partial charge in [-0.15, -0.1) is 0 Å². The second-order valence-corrected chi connectivity index (χ2v) is 4.78. The van der Waals surface area contributed by atoms with Crippen LogP contribution in [-0.2, 0) is 0 Å². The Balaban J connectivity index is 3.01. The molecule has 0 radical (unpaired) electrons. The van der Waals surface area contributed by atoms with E-state index >= 15 is 0 Å². The zero-order valence-electron chi connectivity index (χ0n) is 11.3. The molecule has 0 aliphatic heterocycles. The second-order valence-electron chi connectivity index (χ2n) is 4.78. The Morgan fingerprint density at radius 2 is 1.76 bits per heavy atom. The fraction of sp³-hybridized carbons (Fsp3) is 0.692. The van der Waals surface area contributed by atoms with Gasteiger partial charge in [0, 0.05) is 25.0 Å². The van der Waals surface area contributed by atoms with Gasteiger partial charge in [-0.05, 0) is 18.8 Å². The third-order valence-corrected chi connectivity index (χ3v) is 2.92. The van der Waals surface area contributed by atoms with E-state index in [0.29, 0.717) is 17.8 Å². The lowest BCUT2D eigenvalue weighted by molar-refractivity contribution is 0.503. The Hall–Kier alpha value is -1.32. The number of anilines is 2. The van der Waals surface area contributed by atoms with Gasteiger partial charge < -0.3 is 10.6 Å². The van der Waals surface area contributed by atoms with E-state index in [1.807, 2.05) is 0 Å². The Labute approximate surface area is 104 Å². The lowest BCUT2D eigenvalue weighted by Crippen LogP contribution is -2.38. The molecule has 1 aromatic heterocycles. The van der Waals surface area contributed by atoms with Gasteiger partial charge in [-0.2, -0.15) is 0 Å². The molecule has 0 aliphatic carbocycles. The molecule has 96 valence electrons. The molecule has 0 aromatic carbocycles. The van der Waals surface area contributed by atoms with Crippen molar-refractivity contribution in [2.45, 2.75) is 46.6 Å². The summed E-state index contributed by atoms with van der Waals surface area (Å²) in [5.74, 6) is 1.94. The predicted molar refractivity (Wildman–Crippen MR) is 73.0 cm³/mol. The lowest BCUT2D eigenvalue weighted by atomic mass is 10.1. The second kappa shape index (κ2) is 6.42. The van der Waals surface area contributed by atoms with Crippen LogP contribution in [0.3, 0.4) is 0 Å². The van der Waals surface area contributed by atoms with Crippen molar-refractivity contribution in [3.8, 4) is 0 Å². The summed E-state index contributed by atoms with van der Waals surface area (Å²) in [7, 11) is 0. The van der Waals surface area contributed by atoms with Gasteiger partial charge in [-0.1, -0.05) is 27.7 Å². The molecule has 0 bridgehead atoms. The van der Waals surface area contributed by atoms with Gasteiger partial charge >= 0.3 is 0 Å². The van der Waals surface area contributed by atoms with E-state index in [1.165, 1.54) is 0 Å². The molecule has 2 N–H and O–H groups in total. The van der Waals surface area contributed by atoms with Crippen LogP contribution >= 0.6 is 0 Å². The Morgan fingerprint density at radius 1 is 1.18 bits per heavy atom. The molecule has 1 heterocycles. The lowest BCUT2D eigenvalue weighted by Gasteiger charge is -2.33. The fourth-order valence-electron chi connectivity index (χ4n) is 2.09. The summed E-state index contributed by atoms with van der Waals surface area (Å²) in [5.41, 5.74) is 5.93. The number of aromatic nitrogens is 2. The van der Waals surface area contributed by atoms with Gasteiger partial charge in [0.05, 0.1) is 0 Å². The Kier molecular flexibility index (Phi) is 5.19. The number of rotatable bonds is 6. The summed E-state index contributed by atoms with van der Waals surface area (Å²) in [5, 5.41) is 0. The first-order valence-electron chi connectivity index (χ1n) is 6.43. The van der Waals surface area contributed by atoms with E-state index in [4.69, 9.17) is 5.73 Å². The normalized spacial score (nSPS) is 11.2. The fourth-order valence-corrected chi connectivity index (χ4v) is 2.09. The first-order valence-corrected chi connectivity index (χ1v) is 6.43. The van der Waals surface area contributed by atoms with Crippen molar-refractivity contribution >= 4 is 11.6 Å². The number of nitrogens with two attached hydrogens (primary N) is 1. The van der Waals surface area contributed by atoms with Gasteiger partial charge in [0.1, 0.15) is 0 Å². The van der Waals surface area contributed by atoms with Crippen molar-refractivity contribution in [1.82, 2.24) is 9.97 Å². The number of nitrogens with zero attached hydrogens (tertiary/aromatic N) is 3.